The number of likely N-dealkylation sites (N-methyl/N-ethyl adjacent to an activating group) is 1. The van der Waals surface area contributed by atoms with Gasteiger partial charge < -0.3 is 14.7 Å². The van der Waals surface area contributed by atoms with E-state index in [2.05, 4.69) is 52.9 Å². The quantitative estimate of drug-likeness (QED) is 0.214. The SMILES string of the molecule is C[C@H]1CN([C@@H](C)CO)C(=O)Cc2cc(NS(=O)(=O)c3ccc(Cl)cc3)ccc2O[C@@H]1CN(C)Cc1ccc(-c2ccccc2)cc1. The van der Waals surface area contributed by atoms with Gasteiger partial charge in [0.15, 0.2) is 0 Å². The number of carbonyl (C=O) groups is 1. The Morgan fingerprint density at radius 3 is 2.35 bits per heavy atom. The molecule has 242 valence electrons. The van der Waals surface area contributed by atoms with E-state index in [0.29, 0.717) is 41.7 Å². The van der Waals surface area contributed by atoms with Gasteiger partial charge in [-0.2, -0.15) is 0 Å². The van der Waals surface area contributed by atoms with E-state index in [0.717, 1.165) is 5.56 Å². The molecule has 1 aliphatic heterocycles. The van der Waals surface area contributed by atoms with Crippen LogP contribution >= 0.6 is 11.6 Å². The van der Waals surface area contributed by atoms with E-state index in [4.69, 9.17) is 16.3 Å². The number of fused-ring (bicyclic) bond motifs is 1. The summed E-state index contributed by atoms with van der Waals surface area (Å²) in [4.78, 5) is 17.5. The molecule has 10 heteroatoms. The van der Waals surface area contributed by atoms with Crippen molar-refractivity contribution < 1.29 is 23.1 Å². The lowest BCUT2D eigenvalue weighted by Gasteiger charge is -2.34. The molecule has 0 saturated carbocycles. The van der Waals surface area contributed by atoms with Crippen LogP contribution in [0.4, 0.5) is 5.69 Å². The molecule has 3 atom stereocenters. The van der Waals surface area contributed by atoms with Crippen molar-refractivity contribution in [1.82, 2.24) is 9.80 Å². The van der Waals surface area contributed by atoms with Gasteiger partial charge in [0.05, 0.1) is 24.0 Å². The van der Waals surface area contributed by atoms with Gasteiger partial charge in [0, 0.05) is 41.8 Å². The van der Waals surface area contributed by atoms with Gasteiger partial charge in [-0.1, -0.05) is 73.1 Å². The summed E-state index contributed by atoms with van der Waals surface area (Å²) < 4.78 is 35.4. The fraction of sp³-hybridized carbons (Fsp3) is 0.306. The summed E-state index contributed by atoms with van der Waals surface area (Å²) >= 11 is 5.94. The Kier molecular flexibility index (Phi) is 10.7. The number of nitrogens with zero attached hydrogens (tertiary/aromatic N) is 2. The van der Waals surface area contributed by atoms with Crippen molar-refractivity contribution >= 4 is 33.2 Å². The molecule has 1 amide bonds. The number of aliphatic hydroxyl groups excluding tert-OH is 1. The van der Waals surface area contributed by atoms with Gasteiger partial charge >= 0.3 is 0 Å². The smallest absolute Gasteiger partial charge is 0.261 e. The molecule has 2 N–H and O–H groups in total. The number of carbonyl (C=O) groups excluding carboxylic acids is 1. The Balaban J connectivity index is 1.37. The maximum absolute atomic E-state index is 13.6. The molecule has 0 aliphatic carbocycles. The zero-order valence-corrected chi connectivity index (χ0v) is 27.8. The average molecular weight is 662 g/mol. The van der Waals surface area contributed by atoms with Crippen LogP contribution in [0.15, 0.2) is 102 Å². The lowest BCUT2D eigenvalue weighted by molar-refractivity contribution is -0.134. The van der Waals surface area contributed by atoms with Crippen LogP contribution in [0.2, 0.25) is 5.02 Å². The number of amides is 1. The second-order valence-electron chi connectivity index (χ2n) is 12.0. The summed E-state index contributed by atoms with van der Waals surface area (Å²) in [5.74, 6) is 0.303. The molecule has 0 aromatic heterocycles. The van der Waals surface area contributed by atoms with Gasteiger partial charge in [0.25, 0.3) is 10.0 Å². The molecule has 0 unspecified atom stereocenters. The standard InChI is InChI=1S/C36H40ClN3O5S/c1-25-21-40(26(2)24-41)36(42)20-30-19-32(38-46(43,44)33-16-13-31(37)14-17-33)15-18-34(30)45-35(25)23-39(3)22-27-9-11-29(12-10-27)28-7-5-4-6-8-28/h4-19,25-26,35,38,41H,20-24H2,1-3H3/t25-,26-,35+/m0/s1. The maximum Gasteiger partial charge on any atom is 0.261 e. The van der Waals surface area contributed by atoms with Crippen molar-refractivity contribution in [3.8, 4) is 16.9 Å². The predicted molar refractivity (Wildman–Crippen MR) is 182 cm³/mol. The van der Waals surface area contributed by atoms with Crippen molar-refractivity contribution in [2.75, 3.05) is 31.5 Å². The predicted octanol–water partition coefficient (Wildman–Crippen LogP) is 6.09. The number of sulfonamides is 1. The number of aliphatic hydroxyl groups is 1. The second kappa shape index (κ2) is 14.7. The Morgan fingerprint density at radius 1 is 1.00 bits per heavy atom. The van der Waals surface area contributed by atoms with Gasteiger partial charge in [0.2, 0.25) is 5.91 Å². The first kappa shape index (κ1) is 33.5. The third kappa shape index (κ3) is 8.27. The summed E-state index contributed by atoms with van der Waals surface area (Å²) in [5.41, 5.74) is 4.38. The first-order valence-electron chi connectivity index (χ1n) is 15.3. The molecule has 0 fully saturated rings. The van der Waals surface area contributed by atoms with Gasteiger partial charge in [-0.05, 0) is 73.1 Å². The molecule has 0 radical (unpaired) electrons. The highest BCUT2D eigenvalue weighted by molar-refractivity contribution is 7.92. The summed E-state index contributed by atoms with van der Waals surface area (Å²) in [6, 6.07) is 29.3. The zero-order valence-electron chi connectivity index (χ0n) is 26.3. The van der Waals surface area contributed by atoms with E-state index < -0.39 is 10.0 Å². The molecule has 1 heterocycles. The highest BCUT2D eigenvalue weighted by Gasteiger charge is 2.31. The first-order chi connectivity index (χ1) is 22.0. The Hall–Kier alpha value is -3.89. The van der Waals surface area contributed by atoms with Gasteiger partial charge in [-0.25, -0.2) is 8.42 Å². The topological polar surface area (TPSA) is 99.2 Å². The molecule has 0 saturated heterocycles. The molecule has 1 aliphatic rings. The third-order valence-electron chi connectivity index (χ3n) is 8.30. The fourth-order valence-corrected chi connectivity index (χ4v) is 6.83. The van der Waals surface area contributed by atoms with E-state index in [1.54, 1.807) is 23.1 Å². The van der Waals surface area contributed by atoms with Crippen LogP contribution in [0.1, 0.15) is 25.0 Å². The van der Waals surface area contributed by atoms with E-state index >= 15 is 0 Å². The molecular formula is C36H40ClN3O5S. The lowest BCUT2D eigenvalue weighted by atomic mass is 10.0. The average Bonchev–Trinajstić information content (AvgIpc) is 3.08. The molecule has 46 heavy (non-hydrogen) atoms. The van der Waals surface area contributed by atoms with Crippen LogP contribution in [-0.4, -0.2) is 68.1 Å². The number of benzene rings is 4. The van der Waals surface area contributed by atoms with Crippen LogP contribution in [-0.2, 0) is 27.8 Å². The number of rotatable bonds is 10. The van der Waals surface area contributed by atoms with E-state index in [9.17, 15) is 18.3 Å². The van der Waals surface area contributed by atoms with E-state index in [-0.39, 0.29) is 41.9 Å². The second-order valence-corrected chi connectivity index (χ2v) is 14.1. The molecule has 0 bridgehead atoms. The normalized spacial score (nSPS) is 17.8. The fourth-order valence-electron chi connectivity index (χ4n) is 5.66. The summed E-state index contributed by atoms with van der Waals surface area (Å²) in [6.07, 6.45) is -0.289. The third-order valence-corrected chi connectivity index (χ3v) is 9.95. The largest absolute Gasteiger partial charge is 0.488 e. The van der Waals surface area contributed by atoms with E-state index in [1.165, 1.54) is 35.4 Å². The van der Waals surface area contributed by atoms with Crippen LogP contribution in [0.25, 0.3) is 11.1 Å². The van der Waals surface area contributed by atoms with Gasteiger partial charge in [-0.3, -0.25) is 14.4 Å². The van der Waals surface area contributed by atoms with Crippen molar-refractivity contribution in [2.45, 2.75) is 43.9 Å². The van der Waals surface area contributed by atoms with Gasteiger partial charge in [0.1, 0.15) is 11.9 Å². The minimum atomic E-state index is -3.89. The highest BCUT2D eigenvalue weighted by Crippen LogP contribution is 2.30. The molecule has 0 spiro atoms. The minimum absolute atomic E-state index is 0.000766. The highest BCUT2D eigenvalue weighted by atomic mass is 35.5. The van der Waals surface area contributed by atoms with E-state index in [1.807, 2.05) is 32.2 Å². The molecule has 4 aromatic carbocycles. The van der Waals surface area contributed by atoms with Crippen molar-refractivity contribution in [1.29, 1.82) is 0 Å². The van der Waals surface area contributed by atoms with Crippen molar-refractivity contribution in [3.05, 3.63) is 113 Å². The molecular weight excluding hydrogens is 622 g/mol. The molecule has 8 nitrogen and oxygen atoms in total. The Bertz CT molecular complexity index is 1730. The number of ether oxygens (including phenoxy) is 1. The van der Waals surface area contributed by atoms with Crippen molar-refractivity contribution in [3.63, 3.8) is 0 Å². The molecule has 5 rings (SSSR count). The number of anilines is 1. The number of nitrogens with one attached hydrogen (secondary N) is 1. The lowest BCUT2D eigenvalue weighted by Crippen LogP contribution is -2.47. The number of hydrogen-bond donors (Lipinski definition) is 2. The van der Waals surface area contributed by atoms with Crippen LogP contribution < -0.4 is 9.46 Å². The number of halogens is 1. The summed E-state index contributed by atoms with van der Waals surface area (Å²) in [6.45, 7) is 5.40. The van der Waals surface area contributed by atoms with Crippen LogP contribution in [0.3, 0.4) is 0 Å². The first-order valence-corrected chi connectivity index (χ1v) is 17.2. The monoisotopic (exact) mass is 661 g/mol. The zero-order chi connectivity index (χ0) is 32.8. The minimum Gasteiger partial charge on any atom is -0.488 e. The van der Waals surface area contributed by atoms with Gasteiger partial charge in [-0.15, -0.1) is 0 Å². The number of hydrogen-bond acceptors (Lipinski definition) is 6. The summed E-state index contributed by atoms with van der Waals surface area (Å²) in [5, 5.41) is 10.4. The van der Waals surface area contributed by atoms with Crippen LogP contribution in [0.5, 0.6) is 5.75 Å². The van der Waals surface area contributed by atoms with Crippen molar-refractivity contribution in [2.24, 2.45) is 5.92 Å². The Labute approximate surface area is 276 Å². The summed E-state index contributed by atoms with van der Waals surface area (Å²) in [7, 11) is -1.85. The van der Waals surface area contributed by atoms with Crippen LogP contribution in [0, 0.1) is 5.92 Å². The maximum atomic E-state index is 13.6. The molecule has 4 aromatic rings. The Morgan fingerprint density at radius 2 is 1.67 bits per heavy atom.